The van der Waals surface area contributed by atoms with Crippen molar-refractivity contribution in [1.29, 1.82) is 0 Å². The summed E-state index contributed by atoms with van der Waals surface area (Å²) in [5.74, 6) is 0.710. The Kier molecular flexibility index (Phi) is 3.51. The van der Waals surface area contributed by atoms with Crippen molar-refractivity contribution in [2.45, 2.75) is 0 Å². The molecule has 2 aromatic rings. The van der Waals surface area contributed by atoms with E-state index in [1.54, 1.807) is 18.5 Å². The molecule has 0 spiro atoms. The standard InChI is InChI=1S/C12H13ClN6O/c13-9-8-16-17-11(20)10(9)18-4-6-19(7-5-18)12-14-2-1-3-15-12/h1-3,8H,4-7H2,(H,17,20). The highest BCUT2D eigenvalue weighted by molar-refractivity contribution is 6.33. The molecule has 1 fully saturated rings. The maximum atomic E-state index is 11.8. The molecular formula is C12H13ClN6O. The van der Waals surface area contributed by atoms with Gasteiger partial charge in [0.15, 0.2) is 0 Å². The topological polar surface area (TPSA) is 78.0 Å². The van der Waals surface area contributed by atoms with Crippen molar-refractivity contribution >= 4 is 23.2 Å². The van der Waals surface area contributed by atoms with Crippen LogP contribution in [0.5, 0.6) is 0 Å². The van der Waals surface area contributed by atoms with Crippen molar-refractivity contribution in [1.82, 2.24) is 20.2 Å². The summed E-state index contributed by atoms with van der Waals surface area (Å²) in [6, 6.07) is 1.79. The molecule has 3 rings (SSSR count). The number of hydrogen-bond acceptors (Lipinski definition) is 6. The molecule has 0 unspecified atom stereocenters. The van der Waals surface area contributed by atoms with Gasteiger partial charge in [-0.2, -0.15) is 5.10 Å². The minimum atomic E-state index is -0.262. The number of aromatic nitrogens is 4. The largest absolute Gasteiger partial charge is 0.362 e. The van der Waals surface area contributed by atoms with Crippen LogP contribution in [0.4, 0.5) is 11.6 Å². The number of nitrogens with one attached hydrogen (secondary N) is 1. The van der Waals surface area contributed by atoms with Crippen LogP contribution >= 0.6 is 11.6 Å². The lowest BCUT2D eigenvalue weighted by molar-refractivity contribution is 0.636. The fourth-order valence-corrected chi connectivity index (χ4v) is 2.50. The fraction of sp³-hybridized carbons (Fsp3) is 0.333. The number of hydrogen-bond donors (Lipinski definition) is 1. The number of nitrogens with zero attached hydrogens (tertiary/aromatic N) is 5. The molecule has 0 saturated carbocycles. The monoisotopic (exact) mass is 292 g/mol. The quantitative estimate of drug-likeness (QED) is 0.870. The zero-order valence-corrected chi connectivity index (χ0v) is 11.4. The van der Waals surface area contributed by atoms with Gasteiger partial charge < -0.3 is 9.80 Å². The average Bonchev–Trinajstić information content (AvgIpc) is 2.49. The van der Waals surface area contributed by atoms with E-state index in [2.05, 4.69) is 25.1 Å². The lowest BCUT2D eigenvalue weighted by Crippen LogP contribution is -2.48. The molecular weight excluding hydrogens is 280 g/mol. The van der Waals surface area contributed by atoms with Gasteiger partial charge in [-0.1, -0.05) is 11.6 Å². The van der Waals surface area contributed by atoms with Crippen LogP contribution in [-0.4, -0.2) is 46.3 Å². The third-order valence-electron chi connectivity index (χ3n) is 3.22. The smallest absolute Gasteiger partial charge is 0.289 e. The Morgan fingerprint density at radius 3 is 2.40 bits per heavy atom. The van der Waals surface area contributed by atoms with Gasteiger partial charge in [-0.15, -0.1) is 0 Å². The molecule has 7 nitrogen and oxygen atoms in total. The van der Waals surface area contributed by atoms with Gasteiger partial charge >= 0.3 is 0 Å². The summed E-state index contributed by atoms with van der Waals surface area (Å²) in [5, 5.41) is 6.46. The molecule has 1 saturated heterocycles. The summed E-state index contributed by atoms with van der Waals surface area (Å²) in [6.45, 7) is 2.85. The first-order chi connectivity index (χ1) is 9.75. The molecule has 8 heteroatoms. The second-order valence-electron chi connectivity index (χ2n) is 4.42. The molecule has 0 atom stereocenters. The Morgan fingerprint density at radius 2 is 1.75 bits per heavy atom. The van der Waals surface area contributed by atoms with E-state index in [1.165, 1.54) is 6.20 Å². The molecule has 0 aliphatic carbocycles. The van der Waals surface area contributed by atoms with E-state index < -0.39 is 0 Å². The van der Waals surface area contributed by atoms with E-state index in [0.29, 0.717) is 29.7 Å². The molecule has 104 valence electrons. The van der Waals surface area contributed by atoms with Gasteiger partial charge in [0, 0.05) is 38.6 Å². The normalized spacial score (nSPS) is 15.4. The van der Waals surface area contributed by atoms with Crippen LogP contribution in [0, 0.1) is 0 Å². The molecule has 3 heterocycles. The van der Waals surface area contributed by atoms with Crippen molar-refractivity contribution in [3.05, 3.63) is 40.0 Å². The first kappa shape index (κ1) is 12.9. The van der Waals surface area contributed by atoms with Gasteiger partial charge in [0.05, 0.1) is 11.2 Å². The third-order valence-corrected chi connectivity index (χ3v) is 3.49. The predicted octanol–water partition coefficient (Wildman–Crippen LogP) is 0.540. The van der Waals surface area contributed by atoms with Gasteiger partial charge in [0.25, 0.3) is 5.56 Å². The van der Waals surface area contributed by atoms with Crippen LogP contribution in [0.2, 0.25) is 5.02 Å². The number of anilines is 2. The van der Waals surface area contributed by atoms with Gasteiger partial charge in [-0.3, -0.25) is 4.79 Å². The number of piperazine rings is 1. The van der Waals surface area contributed by atoms with E-state index >= 15 is 0 Å². The van der Waals surface area contributed by atoms with Gasteiger partial charge in [-0.05, 0) is 6.07 Å². The summed E-state index contributed by atoms with van der Waals surface area (Å²) < 4.78 is 0. The summed E-state index contributed by atoms with van der Waals surface area (Å²) in [6.07, 6.45) is 4.89. The lowest BCUT2D eigenvalue weighted by Gasteiger charge is -2.35. The second-order valence-corrected chi connectivity index (χ2v) is 4.83. The van der Waals surface area contributed by atoms with Crippen molar-refractivity contribution in [2.24, 2.45) is 0 Å². The first-order valence-electron chi connectivity index (χ1n) is 6.26. The highest BCUT2D eigenvalue weighted by atomic mass is 35.5. The van der Waals surface area contributed by atoms with Crippen LogP contribution in [0.3, 0.4) is 0 Å². The number of H-pyrrole nitrogens is 1. The van der Waals surface area contributed by atoms with Crippen molar-refractivity contribution in [3.8, 4) is 0 Å². The Balaban J connectivity index is 1.75. The predicted molar refractivity (Wildman–Crippen MR) is 76.3 cm³/mol. The Hall–Kier alpha value is -2.15. The lowest BCUT2D eigenvalue weighted by atomic mass is 10.3. The van der Waals surface area contributed by atoms with Crippen molar-refractivity contribution in [2.75, 3.05) is 36.0 Å². The molecule has 0 bridgehead atoms. The maximum absolute atomic E-state index is 11.8. The van der Waals surface area contributed by atoms with Gasteiger partial charge in [0.2, 0.25) is 5.95 Å². The van der Waals surface area contributed by atoms with E-state index in [-0.39, 0.29) is 5.56 Å². The molecule has 0 radical (unpaired) electrons. The van der Waals surface area contributed by atoms with Crippen LogP contribution in [0.15, 0.2) is 29.5 Å². The van der Waals surface area contributed by atoms with E-state index in [0.717, 1.165) is 13.1 Å². The molecule has 1 N–H and O–H groups in total. The summed E-state index contributed by atoms with van der Waals surface area (Å²) in [5.41, 5.74) is 0.220. The minimum Gasteiger partial charge on any atom is -0.362 e. The molecule has 1 aliphatic heterocycles. The number of halogens is 1. The van der Waals surface area contributed by atoms with Crippen molar-refractivity contribution < 1.29 is 0 Å². The summed E-state index contributed by atoms with van der Waals surface area (Å²) >= 11 is 6.05. The maximum Gasteiger partial charge on any atom is 0.289 e. The fourth-order valence-electron chi connectivity index (χ4n) is 2.25. The average molecular weight is 293 g/mol. The summed E-state index contributed by atoms with van der Waals surface area (Å²) in [4.78, 5) is 24.3. The molecule has 0 amide bonds. The van der Waals surface area contributed by atoms with Gasteiger partial charge in [-0.25, -0.2) is 15.1 Å². The Labute approximate surface area is 120 Å². The van der Waals surface area contributed by atoms with Gasteiger partial charge in [0.1, 0.15) is 5.69 Å². The number of aromatic amines is 1. The molecule has 1 aliphatic rings. The highest BCUT2D eigenvalue weighted by Crippen LogP contribution is 2.21. The van der Waals surface area contributed by atoms with Crippen LogP contribution < -0.4 is 15.4 Å². The molecule has 2 aromatic heterocycles. The first-order valence-corrected chi connectivity index (χ1v) is 6.63. The second kappa shape index (κ2) is 5.46. The zero-order chi connectivity index (χ0) is 13.9. The minimum absolute atomic E-state index is 0.262. The molecule has 0 aromatic carbocycles. The van der Waals surface area contributed by atoms with E-state index in [4.69, 9.17) is 11.6 Å². The van der Waals surface area contributed by atoms with E-state index in [9.17, 15) is 4.79 Å². The SMILES string of the molecule is O=c1[nH]ncc(Cl)c1N1CCN(c2ncccn2)CC1. The highest BCUT2D eigenvalue weighted by Gasteiger charge is 2.22. The summed E-state index contributed by atoms with van der Waals surface area (Å²) in [7, 11) is 0. The van der Waals surface area contributed by atoms with Crippen LogP contribution in [0.1, 0.15) is 0 Å². The third kappa shape index (κ3) is 2.44. The number of rotatable bonds is 2. The molecule has 20 heavy (non-hydrogen) atoms. The van der Waals surface area contributed by atoms with E-state index in [1.807, 2.05) is 4.90 Å². The Bertz CT molecular complexity index is 638. The Morgan fingerprint density at radius 1 is 1.10 bits per heavy atom. The zero-order valence-electron chi connectivity index (χ0n) is 10.7. The van der Waals surface area contributed by atoms with Crippen LogP contribution in [0.25, 0.3) is 0 Å². The van der Waals surface area contributed by atoms with Crippen molar-refractivity contribution in [3.63, 3.8) is 0 Å². The van der Waals surface area contributed by atoms with Crippen LogP contribution in [-0.2, 0) is 0 Å².